The Kier molecular flexibility index (Phi) is 5.64. The van der Waals surface area contributed by atoms with E-state index in [1.807, 2.05) is 18.3 Å². The maximum Gasteiger partial charge on any atom is 0.224 e. The molecule has 3 rings (SSSR count). The summed E-state index contributed by atoms with van der Waals surface area (Å²) in [4.78, 5) is 11.3. The van der Waals surface area contributed by atoms with Crippen molar-refractivity contribution in [2.75, 3.05) is 23.4 Å². The molecule has 1 aliphatic heterocycles. The number of hydrogen-bond acceptors (Lipinski definition) is 5. The summed E-state index contributed by atoms with van der Waals surface area (Å²) in [6.45, 7) is 6.84. The highest BCUT2D eigenvalue weighted by atomic mass is 16.5. The number of benzene rings is 1. The van der Waals surface area contributed by atoms with Crippen LogP contribution >= 0.6 is 0 Å². The summed E-state index contributed by atoms with van der Waals surface area (Å²) in [5.74, 6) is 1.61. The Labute approximate surface area is 144 Å². The third kappa shape index (κ3) is 4.45. The number of rotatable bonds is 7. The minimum absolute atomic E-state index is 0.280. The summed E-state index contributed by atoms with van der Waals surface area (Å²) in [5.41, 5.74) is 1.28. The number of aromatic nitrogens is 2. The van der Waals surface area contributed by atoms with Crippen LogP contribution in [0.4, 0.5) is 11.8 Å². The smallest absolute Gasteiger partial charge is 0.224 e. The zero-order chi connectivity index (χ0) is 16.8. The Bertz CT molecular complexity index is 626. The number of nitrogens with one attached hydrogen (secondary N) is 1. The van der Waals surface area contributed by atoms with Crippen LogP contribution in [0.3, 0.4) is 0 Å². The second-order valence-electron chi connectivity index (χ2n) is 6.46. The zero-order valence-corrected chi connectivity index (χ0v) is 14.5. The summed E-state index contributed by atoms with van der Waals surface area (Å²) < 4.78 is 5.64. The highest BCUT2D eigenvalue weighted by Gasteiger charge is 2.17. The van der Waals surface area contributed by atoms with Gasteiger partial charge in [-0.25, -0.2) is 4.98 Å². The summed E-state index contributed by atoms with van der Waals surface area (Å²) in [5, 5.41) is 3.31. The molecule has 0 bridgehead atoms. The normalized spacial score (nSPS) is 17.2. The van der Waals surface area contributed by atoms with Crippen molar-refractivity contribution in [3.8, 4) is 0 Å². The van der Waals surface area contributed by atoms with Gasteiger partial charge in [-0.1, -0.05) is 30.3 Å². The predicted octanol–water partition coefficient (Wildman–Crippen LogP) is 3.48. The van der Waals surface area contributed by atoms with Gasteiger partial charge >= 0.3 is 0 Å². The van der Waals surface area contributed by atoms with Crippen molar-refractivity contribution in [2.45, 2.75) is 45.4 Å². The molecule has 128 valence electrons. The predicted molar refractivity (Wildman–Crippen MR) is 97.3 cm³/mol. The lowest BCUT2D eigenvalue weighted by Gasteiger charge is -2.28. The molecule has 0 amide bonds. The van der Waals surface area contributed by atoms with Gasteiger partial charge in [0.2, 0.25) is 5.95 Å². The highest BCUT2D eigenvalue weighted by Crippen LogP contribution is 2.19. The van der Waals surface area contributed by atoms with Gasteiger partial charge in [0.25, 0.3) is 0 Å². The first-order valence-electron chi connectivity index (χ1n) is 8.71. The Hall–Kier alpha value is -2.14. The molecule has 1 fully saturated rings. The molecule has 24 heavy (non-hydrogen) atoms. The van der Waals surface area contributed by atoms with E-state index >= 15 is 0 Å². The van der Waals surface area contributed by atoms with E-state index in [0.29, 0.717) is 12.0 Å². The Balaban J connectivity index is 1.69. The lowest BCUT2D eigenvalue weighted by molar-refractivity contribution is 0.120. The SMILES string of the molecule is CC(C)N(Cc1ccccc1)c1ccnc(NCC2CCCO2)n1. The van der Waals surface area contributed by atoms with Crippen LogP contribution in [-0.2, 0) is 11.3 Å². The zero-order valence-electron chi connectivity index (χ0n) is 14.5. The van der Waals surface area contributed by atoms with Gasteiger partial charge < -0.3 is 15.0 Å². The van der Waals surface area contributed by atoms with Crippen molar-refractivity contribution in [3.05, 3.63) is 48.2 Å². The van der Waals surface area contributed by atoms with E-state index in [1.54, 1.807) is 0 Å². The summed E-state index contributed by atoms with van der Waals surface area (Å²) in [6, 6.07) is 12.8. The van der Waals surface area contributed by atoms with Crippen LogP contribution in [0.15, 0.2) is 42.6 Å². The fraction of sp³-hybridized carbons (Fsp3) is 0.474. The van der Waals surface area contributed by atoms with Gasteiger partial charge in [-0.2, -0.15) is 4.98 Å². The minimum Gasteiger partial charge on any atom is -0.376 e. The van der Waals surface area contributed by atoms with Crippen LogP contribution < -0.4 is 10.2 Å². The van der Waals surface area contributed by atoms with E-state index in [2.05, 4.69) is 53.3 Å². The van der Waals surface area contributed by atoms with Gasteiger partial charge in [0.15, 0.2) is 0 Å². The first-order valence-corrected chi connectivity index (χ1v) is 8.71. The van der Waals surface area contributed by atoms with Crippen LogP contribution in [-0.4, -0.2) is 35.3 Å². The second kappa shape index (κ2) is 8.11. The van der Waals surface area contributed by atoms with Crippen LogP contribution in [0.2, 0.25) is 0 Å². The molecule has 5 heteroatoms. The lowest BCUT2D eigenvalue weighted by Crippen LogP contribution is -2.31. The first kappa shape index (κ1) is 16.7. The van der Waals surface area contributed by atoms with E-state index in [1.165, 1.54) is 5.56 Å². The first-order chi connectivity index (χ1) is 11.7. The topological polar surface area (TPSA) is 50.3 Å². The van der Waals surface area contributed by atoms with E-state index in [-0.39, 0.29) is 6.10 Å². The third-order valence-electron chi connectivity index (χ3n) is 4.27. The third-order valence-corrected chi connectivity index (χ3v) is 4.27. The summed E-state index contributed by atoms with van der Waals surface area (Å²) >= 11 is 0. The number of nitrogens with zero attached hydrogens (tertiary/aromatic N) is 3. The maximum absolute atomic E-state index is 5.64. The van der Waals surface area contributed by atoms with E-state index < -0.39 is 0 Å². The fourth-order valence-corrected chi connectivity index (χ4v) is 2.91. The molecule has 1 N–H and O–H groups in total. The Morgan fingerprint density at radius 2 is 2.08 bits per heavy atom. The largest absolute Gasteiger partial charge is 0.376 e. The summed E-state index contributed by atoms with van der Waals surface area (Å²) in [6.07, 6.45) is 4.35. The number of ether oxygens (including phenoxy) is 1. The standard InChI is InChI=1S/C19H26N4O/c1-15(2)23(14-16-7-4-3-5-8-16)18-10-11-20-19(22-18)21-13-17-9-6-12-24-17/h3-5,7-8,10-11,15,17H,6,9,12-14H2,1-2H3,(H,20,21,22). The molecule has 0 saturated carbocycles. The molecule has 1 aromatic heterocycles. The van der Waals surface area contributed by atoms with Crippen molar-refractivity contribution in [2.24, 2.45) is 0 Å². The molecule has 1 aliphatic rings. The number of anilines is 2. The molecule has 1 atom stereocenters. The molecule has 5 nitrogen and oxygen atoms in total. The second-order valence-corrected chi connectivity index (χ2v) is 6.46. The Morgan fingerprint density at radius 1 is 1.25 bits per heavy atom. The molecular formula is C19H26N4O. The molecule has 0 radical (unpaired) electrons. The quantitative estimate of drug-likeness (QED) is 0.844. The van der Waals surface area contributed by atoms with E-state index in [4.69, 9.17) is 9.72 Å². The number of hydrogen-bond donors (Lipinski definition) is 1. The fourth-order valence-electron chi connectivity index (χ4n) is 2.91. The van der Waals surface area contributed by atoms with Gasteiger partial charge in [-0.05, 0) is 38.3 Å². The van der Waals surface area contributed by atoms with Gasteiger partial charge in [-0.3, -0.25) is 0 Å². The molecule has 2 aromatic rings. The molecule has 0 spiro atoms. The monoisotopic (exact) mass is 326 g/mol. The molecule has 0 aliphatic carbocycles. The minimum atomic E-state index is 0.280. The molecule has 1 saturated heterocycles. The van der Waals surface area contributed by atoms with Crippen molar-refractivity contribution < 1.29 is 4.74 Å². The van der Waals surface area contributed by atoms with Crippen LogP contribution in [0, 0.1) is 0 Å². The molecular weight excluding hydrogens is 300 g/mol. The summed E-state index contributed by atoms with van der Waals surface area (Å²) in [7, 11) is 0. The van der Waals surface area contributed by atoms with E-state index in [9.17, 15) is 0 Å². The molecule has 1 aromatic carbocycles. The van der Waals surface area contributed by atoms with Gasteiger partial charge in [0.05, 0.1) is 6.10 Å². The van der Waals surface area contributed by atoms with Gasteiger partial charge in [-0.15, -0.1) is 0 Å². The Morgan fingerprint density at radius 3 is 2.79 bits per heavy atom. The average Bonchev–Trinajstić information content (AvgIpc) is 3.12. The maximum atomic E-state index is 5.64. The van der Waals surface area contributed by atoms with Crippen molar-refractivity contribution in [1.82, 2.24) is 9.97 Å². The van der Waals surface area contributed by atoms with Crippen molar-refractivity contribution in [3.63, 3.8) is 0 Å². The van der Waals surface area contributed by atoms with Gasteiger partial charge in [0, 0.05) is 31.9 Å². The van der Waals surface area contributed by atoms with Crippen LogP contribution in [0.5, 0.6) is 0 Å². The lowest BCUT2D eigenvalue weighted by atomic mass is 10.2. The van der Waals surface area contributed by atoms with Crippen LogP contribution in [0.25, 0.3) is 0 Å². The van der Waals surface area contributed by atoms with Crippen molar-refractivity contribution >= 4 is 11.8 Å². The average molecular weight is 326 g/mol. The van der Waals surface area contributed by atoms with Gasteiger partial charge in [0.1, 0.15) is 5.82 Å². The van der Waals surface area contributed by atoms with Crippen molar-refractivity contribution in [1.29, 1.82) is 0 Å². The molecule has 2 heterocycles. The molecule has 1 unspecified atom stereocenters. The van der Waals surface area contributed by atoms with E-state index in [0.717, 1.165) is 38.4 Å². The highest BCUT2D eigenvalue weighted by molar-refractivity contribution is 5.44. The van der Waals surface area contributed by atoms with Crippen LogP contribution in [0.1, 0.15) is 32.3 Å².